The van der Waals surface area contributed by atoms with Crippen LogP contribution < -0.4 is 15.5 Å². The molecule has 0 spiro atoms. The maximum atomic E-state index is 10.3. The van der Waals surface area contributed by atoms with Gasteiger partial charge >= 0.3 is 0 Å². The van der Waals surface area contributed by atoms with Gasteiger partial charge in [0.15, 0.2) is 5.96 Å². The van der Waals surface area contributed by atoms with Gasteiger partial charge in [0.25, 0.3) is 0 Å². The highest BCUT2D eigenvalue weighted by Crippen LogP contribution is 2.31. The van der Waals surface area contributed by atoms with Crippen LogP contribution >= 0.6 is 0 Å². The van der Waals surface area contributed by atoms with Crippen LogP contribution in [-0.4, -0.2) is 48.9 Å². The van der Waals surface area contributed by atoms with E-state index in [1.165, 1.54) is 11.3 Å². The van der Waals surface area contributed by atoms with Crippen LogP contribution in [0.4, 0.5) is 5.69 Å². The fourth-order valence-corrected chi connectivity index (χ4v) is 3.94. The van der Waals surface area contributed by atoms with E-state index in [1.807, 2.05) is 0 Å². The summed E-state index contributed by atoms with van der Waals surface area (Å²) < 4.78 is 0. The van der Waals surface area contributed by atoms with Crippen molar-refractivity contribution in [3.8, 4) is 0 Å². The maximum Gasteiger partial charge on any atom is 0.191 e. The summed E-state index contributed by atoms with van der Waals surface area (Å²) in [6.45, 7) is 12.3. The Labute approximate surface area is 170 Å². The number of guanidine groups is 1. The number of piperidine rings is 1. The second kappa shape index (κ2) is 8.73. The normalized spacial score (nSPS) is 20.6. The largest absolute Gasteiger partial charge is 0.388 e. The molecule has 0 aromatic heterocycles. The van der Waals surface area contributed by atoms with Gasteiger partial charge in [-0.3, -0.25) is 4.99 Å². The van der Waals surface area contributed by atoms with Crippen LogP contribution in [0.25, 0.3) is 0 Å². The quantitative estimate of drug-likeness (QED) is 0.536. The molecule has 0 atom stereocenters. The number of nitrogens with one attached hydrogen (secondary N) is 2. The van der Waals surface area contributed by atoms with Gasteiger partial charge in [0.2, 0.25) is 0 Å². The van der Waals surface area contributed by atoms with Crippen molar-refractivity contribution in [3.05, 3.63) is 29.8 Å². The molecule has 2 fully saturated rings. The lowest BCUT2D eigenvalue weighted by molar-refractivity contribution is -0.0236. The summed E-state index contributed by atoms with van der Waals surface area (Å²) in [6, 6.07) is 9.49. The van der Waals surface area contributed by atoms with Crippen LogP contribution in [0.5, 0.6) is 0 Å². The van der Waals surface area contributed by atoms with E-state index in [1.54, 1.807) is 0 Å². The van der Waals surface area contributed by atoms with Crippen LogP contribution in [0.2, 0.25) is 0 Å². The molecule has 0 unspecified atom stereocenters. The number of aliphatic hydroxyl groups is 1. The summed E-state index contributed by atoms with van der Waals surface area (Å²) in [4.78, 5) is 7.12. The third-order valence-electron chi connectivity index (χ3n) is 6.09. The highest BCUT2D eigenvalue weighted by molar-refractivity contribution is 5.80. The number of nitrogens with zero attached hydrogens (tertiary/aromatic N) is 2. The molecule has 5 heteroatoms. The van der Waals surface area contributed by atoms with Gasteiger partial charge in [0.1, 0.15) is 0 Å². The second-order valence-electron chi connectivity index (χ2n) is 9.48. The highest BCUT2D eigenvalue weighted by atomic mass is 16.3. The van der Waals surface area contributed by atoms with Crippen molar-refractivity contribution in [1.29, 1.82) is 0 Å². The minimum absolute atomic E-state index is 0.198. The van der Waals surface area contributed by atoms with Crippen molar-refractivity contribution < 1.29 is 5.11 Å². The average molecular weight is 387 g/mol. The SMILES string of the molecule is CCNC(=NCC1(O)CCC1)NC1CCN(c2ccc(C(C)(C)C)cc2)CC1. The fraction of sp³-hybridized carbons (Fsp3) is 0.696. The average Bonchev–Trinajstić information content (AvgIpc) is 2.65. The summed E-state index contributed by atoms with van der Waals surface area (Å²) in [7, 11) is 0. The van der Waals surface area contributed by atoms with E-state index in [9.17, 15) is 5.11 Å². The number of aliphatic imine (C=N–C) groups is 1. The first kappa shape index (κ1) is 21.0. The summed E-state index contributed by atoms with van der Waals surface area (Å²) in [5, 5.41) is 17.2. The zero-order valence-corrected chi connectivity index (χ0v) is 18.1. The minimum Gasteiger partial charge on any atom is -0.388 e. The lowest BCUT2D eigenvalue weighted by Gasteiger charge is -2.36. The first-order chi connectivity index (χ1) is 13.3. The van der Waals surface area contributed by atoms with Gasteiger partial charge in [-0.25, -0.2) is 0 Å². The Morgan fingerprint density at radius 2 is 1.82 bits per heavy atom. The molecule has 3 N–H and O–H groups in total. The molecular formula is C23H38N4O. The summed E-state index contributed by atoms with van der Waals surface area (Å²) in [5.74, 6) is 0.843. The molecule has 5 nitrogen and oxygen atoms in total. The number of anilines is 1. The molecule has 1 aliphatic heterocycles. The topological polar surface area (TPSA) is 59.9 Å². The van der Waals surface area contributed by atoms with E-state index < -0.39 is 5.60 Å². The van der Waals surface area contributed by atoms with E-state index in [2.05, 4.69) is 72.5 Å². The molecule has 3 rings (SSSR count). The number of benzene rings is 1. The van der Waals surface area contributed by atoms with Crippen LogP contribution in [0, 0.1) is 0 Å². The lowest BCUT2D eigenvalue weighted by Crippen LogP contribution is -2.49. The molecular weight excluding hydrogens is 348 g/mol. The van der Waals surface area contributed by atoms with Crippen LogP contribution in [0.15, 0.2) is 29.3 Å². The first-order valence-corrected chi connectivity index (χ1v) is 10.9. The third-order valence-corrected chi connectivity index (χ3v) is 6.09. The summed E-state index contributed by atoms with van der Waals surface area (Å²) >= 11 is 0. The summed E-state index contributed by atoms with van der Waals surface area (Å²) in [6.07, 6.45) is 5.06. The van der Waals surface area contributed by atoms with Crippen molar-refractivity contribution in [2.45, 2.75) is 76.9 Å². The Hall–Kier alpha value is -1.75. The van der Waals surface area contributed by atoms with Gasteiger partial charge in [0.05, 0.1) is 12.1 Å². The molecule has 1 aromatic rings. The predicted octanol–water partition coefficient (Wildman–Crippen LogP) is 3.42. The Kier molecular flexibility index (Phi) is 6.54. The Morgan fingerprint density at radius 3 is 2.32 bits per heavy atom. The van der Waals surface area contributed by atoms with Gasteiger partial charge in [-0.05, 0) is 62.1 Å². The third kappa shape index (κ3) is 5.40. The second-order valence-corrected chi connectivity index (χ2v) is 9.48. The zero-order valence-electron chi connectivity index (χ0n) is 18.1. The van der Waals surface area contributed by atoms with Crippen LogP contribution in [0.3, 0.4) is 0 Å². The van der Waals surface area contributed by atoms with Gasteiger partial charge in [-0.2, -0.15) is 0 Å². The Morgan fingerprint density at radius 1 is 1.18 bits per heavy atom. The van der Waals surface area contributed by atoms with Crippen LogP contribution in [-0.2, 0) is 5.41 Å². The molecule has 0 radical (unpaired) electrons. The molecule has 1 saturated heterocycles. The molecule has 1 aliphatic carbocycles. The zero-order chi connectivity index (χ0) is 20.2. The van der Waals surface area contributed by atoms with E-state index in [0.29, 0.717) is 12.6 Å². The molecule has 1 heterocycles. The molecule has 28 heavy (non-hydrogen) atoms. The van der Waals surface area contributed by atoms with Crippen molar-refractivity contribution >= 4 is 11.6 Å². The Balaban J connectivity index is 1.51. The lowest BCUT2D eigenvalue weighted by atomic mass is 9.80. The van der Waals surface area contributed by atoms with Crippen LogP contribution in [0.1, 0.15) is 65.4 Å². The van der Waals surface area contributed by atoms with Crippen molar-refractivity contribution in [1.82, 2.24) is 10.6 Å². The molecule has 0 amide bonds. The van der Waals surface area contributed by atoms with Crippen molar-refractivity contribution in [2.75, 3.05) is 31.1 Å². The van der Waals surface area contributed by atoms with Crippen molar-refractivity contribution in [3.63, 3.8) is 0 Å². The van der Waals surface area contributed by atoms with Gasteiger partial charge in [0, 0.05) is 31.4 Å². The van der Waals surface area contributed by atoms with E-state index in [4.69, 9.17) is 0 Å². The van der Waals surface area contributed by atoms with Gasteiger partial charge in [-0.1, -0.05) is 32.9 Å². The standard InChI is InChI=1S/C23H38N4O/c1-5-24-21(25-17-23(28)13-6-14-23)26-19-11-15-27(16-12-19)20-9-7-18(8-10-20)22(2,3)4/h7-10,19,28H,5-6,11-17H2,1-4H3,(H2,24,25,26). The summed E-state index contributed by atoms with van der Waals surface area (Å²) in [5.41, 5.74) is 2.33. The molecule has 1 aromatic carbocycles. The molecule has 0 bridgehead atoms. The highest BCUT2D eigenvalue weighted by Gasteiger charge is 2.34. The van der Waals surface area contributed by atoms with Gasteiger partial charge < -0.3 is 20.6 Å². The maximum absolute atomic E-state index is 10.3. The number of hydrogen-bond acceptors (Lipinski definition) is 3. The predicted molar refractivity (Wildman–Crippen MR) is 118 cm³/mol. The van der Waals surface area contributed by atoms with E-state index in [0.717, 1.165) is 57.7 Å². The van der Waals surface area contributed by atoms with Crippen molar-refractivity contribution in [2.24, 2.45) is 4.99 Å². The molecule has 156 valence electrons. The van der Waals surface area contributed by atoms with Gasteiger partial charge in [-0.15, -0.1) is 0 Å². The Bertz CT molecular complexity index is 650. The van der Waals surface area contributed by atoms with E-state index >= 15 is 0 Å². The first-order valence-electron chi connectivity index (χ1n) is 10.9. The minimum atomic E-state index is -0.565. The number of rotatable bonds is 5. The molecule has 1 saturated carbocycles. The number of hydrogen-bond donors (Lipinski definition) is 3. The smallest absolute Gasteiger partial charge is 0.191 e. The van der Waals surface area contributed by atoms with E-state index in [-0.39, 0.29) is 5.41 Å². The molecule has 2 aliphatic rings. The monoisotopic (exact) mass is 386 g/mol. The fourth-order valence-electron chi connectivity index (χ4n) is 3.94.